The van der Waals surface area contributed by atoms with Crippen LogP contribution in [0.5, 0.6) is 0 Å². The highest BCUT2D eigenvalue weighted by atomic mass is 16.2. The molecule has 5 nitrogen and oxygen atoms in total. The lowest BCUT2D eigenvalue weighted by Crippen LogP contribution is -2.51. The number of benzene rings is 1. The minimum Gasteiger partial charge on any atom is -0.322 e. The fraction of sp³-hybridized carbons (Fsp3) is 0.429. The van der Waals surface area contributed by atoms with Gasteiger partial charge in [0, 0.05) is 32.6 Å². The molecule has 1 aromatic rings. The maximum atomic E-state index is 11.8. The van der Waals surface area contributed by atoms with Crippen LogP contribution >= 0.6 is 0 Å². The van der Waals surface area contributed by atoms with Gasteiger partial charge in [-0.25, -0.2) is 4.79 Å². The Morgan fingerprint density at radius 2 is 1.84 bits per heavy atom. The molecular weight excluding hydrogens is 242 g/mol. The van der Waals surface area contributed by atoms with Crippen molar-refractivity contribution in [3.05, 3.63) is 35.9 Å². The van der Waals surface area contributed by atoms with Gasteiger partial charge >= 0.3 is 6.03 Å². The lowest BCUT2D eigenvalue weighted by Gasteiger charge is -2.27. The van der Waals surface area contributed by atoms with Gasteiger partial charge in [-0.2, -0.15) is 0 Å². The summed E-state index contributed by atoms with van der Waals surface area (Å²) in [6.45, 7) is 2.87. The Morgan fingerprint density at radius 3 is 2.53 bits per heavy atom. The number of urea groups is 1. The Balaban J connectivity index is 1.73. The van der Waals surface area contributed by atoms with Gasteiger partial charge in [-0.1, -0.05) is 30.3 Å². The number of rotatable bonds is 3. The smallest absolute Gasteiger partial charge is 0.322 e. The first-order chi connectivity index (χ1) is 9.25. The number of carbonyl (C=O) groups excluding carboxylic acids is 2. The number of aryl methyl sites for hydroxylation is 1. The molecule has 0 bridgehead atoms. The first-order valence-electron chi connectivity index (χ1n) is 6.59. The highest BCUT2D eigenvalue weighted by Gasteiger charge is 2.17. The number of piperazine rings is 1. The van der Waals surface area contributed by atoms with Crippen molar-refractivity contribution in [2.45, 2.75) is 12.8 Å². The molecule has 2 rings (SSSR count). The number of hydrogen-bond acceptors (Lipinski definition) is 3. The summed E-state index contributed by atoms with van der Waals surface area (Å²) in [5, 5.41) is 5.60. The number of imide groups is 1. The van der Waals surface area contributed by atoms with Crippen LogP contribution in [0.25, 0.3) is 0 Å². The molecule has 2 N–H and O–H groups in total. The minimum atomic E-state index is -0.278. The first-order valence-corrected chi connectivity index (χ1v) is 6.59. The summed E-state index contributed by atoms with van der Waals surface area (Å²) in [5.41, 5.74) is 1.10. The van der Waals surface area contributed by atoms with E-state index < -0.39 is 0 Å². The van der Waals surface area contributed by atoms with E-state index in [9.17, 15) is 9.59 Å². The van der Waals surface area contributed by atoms with Gasteiger partial charge in [-0.05, 0) is 12.0 Å². The number of amides is 3. The third kappa shape index (κ3) is 4.37. The lowest BCUT2D eigenvalue weighted by molar-refractivity contribution is -0.120. The Morgan fingerprint density at radius 1 is 1.16 bits per heavy atom. The molecule has 0 spiro atoms. The normalized spacial score (nSPS) is 15.1. The van der Waals surface area contributed by atoms with E-state index >= 15 is 0 Å². The lowest BCUT2D eigenvalue weighted by atomic mass is 10.1. The summed E-state index contributed by atoms with van der Waals surface area (Å²) in [6.07, 6.45) is 0.989. The SMILES string of the molecule is O=C(CCc1ccccc1)NC(=O)N1CCNCC1. The van der Waals surface area contributed by atoms with Gasteiger partial charge in [0.1, 0.15) is 0 Å². The average molecular weight is 261 g/mol. The maximum absolute atomic E-state index is 11.8. The van der Waals surface area contributed by atoms with E-state index in [1.54, 1.807) is 4.90 Å². The van der Waals surface area contributed by atoms with Crippen LogP contribution in [0.15, 0.2) is 30.3 Å². The molecule has 0 aromatic heterocycles. The molecule has 0 atom stereocenters. The van der Waals surface area contributed by atoms with E-state index in [4.69, 9.17) is 0 Å². The van der Waals surface area contributed by atoms with Crippen LogP contribution in [0.1, 0.15) is 12.0 Å². The largest absolute Gasteiger partial charge is 0.324 e. The fourth-order valence-electron chi connectivity index (χ4n) is 2.03. The summed E-state index contributed by atoms with van der Waals surface area (Å²) < 4.78 is 0. The number of nitrogens with zero attached hydrogens (tertiary/aromatic N) is 1. The second-order valence-corrected chi connectivity index (χ2v) is 4.58. The highest BCUT2D eigenvalue weighted by Crippen LogP contribution is 2.02. The fourth-order valence-corrected chi connectivity index (χ4v) is 2.03. The van der Waals surface area contributed by atoms with E-state index in [-0.39, 0.29) is 11.9 Å². The molecule has 0 aliphatic carbocycles. The van der Waals surface area contributed by atoms with Crippen LogP contribution in [-0.4, -0.2) is 43.0 Å². The van der Waals surface area contributed by atoms with Crippen LogP contribution in [0.2, 0.25) is 0 Å². The van der Waals surface area contributed by atoms with Crippen molar-refractivity contribution in [3.8, 4) is 0 Å². The predicted molar refractivity (Wildman–Crippen MR) is 72.7 cm³/mol. The molecule has 0 unspecified atom stereocenters. The average Bonchev–Trinajstić information content (AvgIpc) is 2.47. The first kappa shape index (κ1) is 13.5. The van der Waals surface area contributed by atoms with Gasteiger partial charge in [-0.15, -0.1) is 0 Å². The zero-order chi connectivity index (χ0) is 13.5. The molecule has 5 heteroatoms. The Hall–Kier alpha value is -1.88. The van der Waals surface area contributed by atoms with E-state index in [2.05, 4.69) is 10.6 Å². The third-order valence-corrected chi connectivity index (χ3v) is 3.13. The van der Waals surface area contributed by atoms with E-state index in [0.717, 1.165) is 18.7 Å². The zero-order valence-electron chi connectivity index (χ0n) is 10.9. The molecule has 1 saturated heterocycles. The number of carbonyl (C=O) groups is 2. The predicted octanol–water partition coefficient (Wildman–Crippen LogP) is 0.761. The monoisotopic (exact) mass is 261 g/mol. The summed E-state index contributed by atoms with van der Waals surface area (Å²) >= 11 is 0. The zero-order valence-corrected chi connectivity index (χ0v) is 10.9. The summed E-state index contributed by atoms with van der Waals surface area (Å²) in [4.78, 5) is 25.1. The van der Waals surface area contributed by atoms with Gasteiger partial charge in [0.2, 0.25) is 5.91 Å². The van der Waals surface area contributed by atoms with E-state index in [1.165, 1.54) is 0 Å². The van der Waals surface area contributed by atoms with Crippen molar-refractivity contribution in [1.82, 2.24) is 15.5 Å². The maximum Gasteiger partial charge on any atom is 0.324 e. The molecule has 19 heavy (non-hydrogen) atoms. The third-order valence-electron chi connectivity index (χ3n) is 3.13. The van der Waals surface area contributed by atoms with Crippen LogP contribution in [0.4, 0.5) is 4.79 Å². The number of hydrogen-bond donors (Lipinski definition) is 2. The van der Waals surface area contributed by atoms with Gasteiger partial charge in [-0.3, -0.25) is 10.1 Å². The van der Waals surface area contributed by atoms with Crippen molar-refractivity contribution in [1.29, 1.82) is 0 Å². The van der Waals surface area contributed by atoms with Crippen molar-refractivity contribution in [3.63, 3.8) is 0 Å². The molecule has 3 amide bonds. The van der Waals surface area contributed by atoms with Crippen molar-refractivity contribution >= 4 is 11.9 Å². The molecule has 1 aliphatic heterocycles. The minimum absolute atomic E-state index is 0.215. The second-order valence-electron chi connectivity index (χ2n) is 4.58. The molecule has 0 saturated carbocycles. The molecule has 1 heterocycles. The van der Waals surface area contributed by atoms with Crippen LogP contribution < -0.4 is 10.6 Å². The molecule has 1 aliphatic rings. The van der Waals surface area contributed by atoms with Crippen LogP contribution in [0, 0.1) is 0 Å². The van der Waals surface area contributed by atoms with Gasteiger partial charge in [0.05, 0.1) is 0 Å². The van der Waals surface area contributed by atoms with Crippen molar-refractivity contribution in [2.75, 3.05) is 26.2 Å². The summed E-state index contributed by atoms with van der Waals surface area (Å²) in [5.74, 6) is -0.215. The topological polar surface area (TPSA) is 61.4 Å². The highest BCUT2D eigenvalue weighted by molar-refractivity contribution is 5.94. The second kappa shape index (κ2) is 6.89. The van der Waals surface area contributed by atoms with E-state index in [0.29, 0.717) is 25.9 Å². The Bertz CT molecular complexity index is 428. The quantitative estimate of drug-likeness (QED) is 0.844. The van der Waals surface area contributed by atoms with Crippen molar-refractivity contribution < 1.29 is 9.59 Å². The molecule has 1 fully saturated rings. The molecular formula is C14H19N3O2. The number of nitrogens with one attached hydrogen (secondary N) is 2. The van der Waals surface area contributed by atoms with Crippen LogP contribution in [-0.2, 0) is 11.2 Å². The van der Waals surface area contributed by atoms with Crippen LogP contribution in [0.3, 0.4) is 0 Å². The Labute approximate surface area is 113 Å². The molecule has 102 valence electrons. The van der Waals surface area contributed by atoms with Crippen molar-refractivity contribution in [2.24, 2.45) is 0 Å². The summed E-state index contributed by atoms with van der Waals surface area (Å²) in [7, 11) is 0. The van der Waals surface area contributed by atoms with E-state index in [1.807, 2.05) is 30.3 Å². The van der Waals surface area contributed by atoms with Gasteiger partial charge in [0.25, 0.3) is 0 Å². The molecule has 0 radical (unpaired) electrons. The summed E-state index contributed by atoms with van der Waals surface area (Å²) in [6, 6.07) is 9.51. The van der Waals surface area contributed by atoms with Gasteiger partial charge < -0.3 is 10.2 Å². The standard InChI is InChI=1S/C14H19N3O2/c18-13(7-6-12-4-2-1-3-5-12)16-14(19)17-10-8-15-9-11-17/h1-5,15H,6-11H2,(H,16,18,19). The van der Waals surface area contributed by atoms with Gasteiger partial charge in [0.15, 0.2) is 0 Å². The molecule has 1 aromatic carbocycles. The Kier molecular flexibility index (Phi) is 4.92.